The predicted octanol–water partition coefficient (Wildman–Crippen LogP) is 1.42. The van der Waals surface area contributed by atoms with Gasteiger partial charge in [-0.1, -0.05) is 0 Å². The van der Waals surface area contributed by atoms with Gasteiger partial charge in [0.1, 0.15) is 15.8 Å². The van der Waals surface area contributed by atoms with E-state index in [2.05, 4.69) is 31.1 Å². The highest BCUT2D eigenvalue weighted by molar-refractivity contribution is 9.10. The Morgan fingerprint density at radius 1 is 1.62 bits per heavy atom. The van der Waals surface area contributed by atoms with Gasteiger partial charge in [-0.15, -0.1) is 0 Å². The Morgan fingerprint density at radius 2 is 2.38 bits per heavy atom. The van der Waals surface area contributed by atoms with E-state index < -0.39 is 5.97 Å². The summed E-state index contributed by atoms with van der Waals surface area (Å²) in [4.78, 5) is 14.3. The van der Waals surface area contributed by atoms with Crippen LogP contribution >= 0.6 is 15.9 Å². The molecule has 66 valence electrons. The molecule has 5 nitrogen and oxygen atoms in total. The first-order valence-electron chi connectivity index (χ1n) is 3.41. The van der Waals surface area contributed by atoms with Crippen LogP contribution in [0.25, 0.3) is 10.9 Å². The lowest BCUT2D eigenvalue weighted by atomic mass is 10.3. The van der Waals surface area contributed by atoms with Gasteiger partial charge in [-0.3, -0.25) is 5.10 Å². The normalized spacial score (nSPS) is 10.5. The summed E-state index contributed by atoms with van der Waals surface area (Å²) >= 11 is 3.21. The molecule has 6 heteroatoms. The molecule has 0 bridgehead atoms. The minimum atomic E-state index is -1.05. The molecule has 0 amide bonds. The maximum Gasteiger partial charge on any atom is 0.354 e. The molecule has 0 aliphatic heterocycles. The number of aromatic amines is 1. The minimum absolute atomic E-state index is 0.00889. The zero-order valence-electron chi connectivity index (χ0n) is 6.28. The number of halogens is 1. The molecule has 0 aliphatic carbocycles. The number of hydrogen-bond acceptors (Lipinski definition) is 3. The van der Waals surface area contributed by atoms with Crippen LogP contribution in [0.4, 0.5) is 0 Å². The number of aromatic carboxylic acids is 1. The third kappa shape index (κ3) is 1.29. The average molecular weight is 242 g/mol. The largest absolute Gasteiger partial charge is 0.477 e. The van der Waals surface area contributed by atoms with Crippen molar-refractivity contribution in [3.05, 3.63) is 22.6 Å². The van der Waals surface area contributed by atoms with Gasteiger partial charge >= 0.3 is 5.97 Å². The van der Waals surface area contributed by atoms with Crippen molar-refractivity contribution < 1.29 is 9.90 Å². The van der Waals surface area contributed by atoms with Crippen molar-refractivity contribution >= 4 is 32.8 Å². The Balaban J connectivity index is 2.72. The van der Waals surface area contributed by atoms with Crippen LogP contribution in [0.5, 0.6) is 0 Å². The van der Waals surface area contributed by atoms with Crippen molar-refractivity contribution in [1.82, 2.24) is 15.2 Å². The van der Waals surface area contributed by atoms with Crippen LogP contribution < -0.4 is 0 Å². The molecule has 0 aromatic carbocycles. The third-order valence-corrected chi connectivity index (χ3v) is 2.22. The Hall–Kier alpha value is -1.43. The Morgan fingerprint density at radius 3 is 3.08 bits per heavy atom. The number of carbonyl (C=O) groups is 1. The van der Waals surface area contributed by atoms with Gasteiger partial charge < -0.3 is 5.11 Å². The van der Waals surface area contributed by atoms with Gasteiger partial charge in [0.2, 0.25) is 0 Å². The summed E-state index contributed by atoms with van der Waals surface area (Å²) in [5.74, 6) is -1.05. The second-order valence-corrected chi connectivity index (χ2v) is 3.22. The van der Waals surface area contributed by atoms with Gasteiger partial charge in [-0.05, 0) is 22.0 Å². The molecule has 2 aromatic rings. The van der Waals surface area contributed by atoms with Crippen LogP contribution in [-0.4, -0.2) is 26.3 Å². The smallest absolute Gasteiger partial charge is 0.354 e. The van der Waals surface area contributed by atoms with Gasteiger partial charge in [0.25, 0.3) is 0 Å². The maximum absolute atomic E-state index is 10.6. The van der Waals surface area contributed by atoms with E-state index in [4.69, 9.17) is 5.11 Å². The molecule has 0 saturated heterocycles. The molecule has 2 heterocycles. The average Bonchev–Trinajstić information content (AvgIpc) is 2.47. The number of hydrogen-bond donors (Lipinski definition) is 2. The standard InChI is InChI=1S/C7H4BrN3O2/c8-6-3-1-4(7(12)13)9-2-5(3)10-11-6/h1-2H,(H,10,11)(H,12,13). The van der Waals surface area contributed by atoms with Crippen LogP contribution in [-0.2, 0) is 0 Å². The van der Waals surface area contributed by atoms with Gasteiger partial charge in [-0.2, -0.15) is 5.10 Å². The van der Waals surface area contributed by atoms with Crippen molar-refractivity contribution in [1.29, 1.82) is 0 Å². The number of aromatic nitrogens is 3. The van der Waals surface area contributed by atoms with Crippen molar-refractivity contribution in [2.24, 2.45) is 0 Å². The maximum atomic E-state index is 10.6. The zero-order chi connectivity index (χ0) is 9.42. The second kappa shape index (κ2) is 2.81. The monoisotopic (exact) mass is 241 g/mol. The number of nitrogens with one attached hydrogen (secondary N) is 1. The number of pyridine rings is 1. The molecule has 0 fully saturated rings. The van der Waals surface area contributed by atoms with E-state index in [0.29, 0.717) is 15.5 Å². The minimum Gasteiger partial charge on any atom is -0.477 e. The Bertz CT molecular complexity index is 480. The molecule has 2 N–H and O–H groups in total. The Labute approximate surface area is 80.9 Å². The molecule has 0 atom stereocenters. The van der Waals surface area contributed by atoms with Crippen molar-refractivity contribution in [2.75, 3.05) is 0 Å². The van der Waals surface area contributed by atoms with E-state index in [1.807, 2.05) is 0 Å². The molecule has 0 aliphatic rings. The third-order valence-electron chi connectivity index (χ3n) is 1.61. The summed E-state index contributed by atoms with van der Waals surface area (Å²) in [6, 6.07) is 1.46. The van der Waals surface area contributed by atoms with E-state index in [9.17, 15) is 4.79 Å². The molecule has 0 unspecified atom stereocenters. The van der Waals surface area contributed by atoms with Gasteiger partial charge in [0.15, 0.2) is 0 Å². The number of H-pyrrole nitrogens is 1. The van der Waals surface area contributed by atoms with Crippen LogP contribution in [0.15, 0.2) is 16.9 Å². The molecule has 13 heavy (non-hydrogen) atoms. The summed E-state index contributed by atoms with van der Waals surface area (Å²) in [7, 11) is 0. The molecular weight excluding hydrogens is 238 g/mol. The summed E-state index contributed by atoms with van der Waals surface area (Å²) in [6.45, 7) is 0. The van der Waals surface area contributed by atoms with Crippen LogP contribution in [0.3, 0.4) is 0 Å². The van der Waals surface area contributed by atoms with Gasteiger partial charge in [-0.25, -0.2) is 9.78 Å². The first-order valence-corrected chi connectivity index (χ1v) is 4.20. The number of fused-ring (bicyclic) bond motifs is 1. The predicted molar refractivity (Wildman–Crippen MR) is 48.5 cm³/mol. The number of nitrogens with zero attached hydrogens (tertiary/aromatic N) is 2. The summed E-state index contributed by atoms with van der Waals surface area (Å²) < 4.78 is 0.660. The van der Waals surface area contributed by atoms with Crippen molar-refractivity contribution in [3.63, 3.8) is 0 Å². The summed E-state index contributed by atoms with van der Waals surface area (Å²) in [6.07, 6.45) is 1.42. The lowest BCUT2D eigenvalue weighted by Crippen LogP contribution is -1.98. The fourth-order valence-corrected chi connectivity index (χ4v) is 1.41. The second-order valence-electron chi connectivity index (χ2n) is 2.43. The molecular formula is C7H4BrN3O2. The summed E-state index contributed by atoms with van der Waals surface area (Å²) in [5, 5.41) is 15.9. The molecule has 2 rings (SSSR count). The van der Waals surface area contributed by atoms with Crippen LogP contribution in [0.1, 0.15) is 10.5 Å². The topological polar surface area (TPSA) is 78.9 Å². The van der Waals surface area contributed by atoms with E-state index in [1.54, 1.807) is 0 Å². The van der Waals surface area contributed by atoms with E-state index in [0.717, 1.165) is 0 Å². The van der Waals surface area contributed by atoms with E-state index >= 15 is 0 Å². The number of carboxylic acids is 1. The zero-order valence-corrected chi connectivity index (χ0v) is 7.87. The summed E-state index contributed by atoms with van der Waals surface area (Å²) in [5.41, 5.74) is 0.645. The number of carboxylic acid groups (broad SMARTS) is 1. The lowest BCUT2D eigenvalue weighted by molar-refractivity contribution is 0.0691. The quantitative estimate of drug-likeness (QED) is 0.792. The molecule has 2 aromatic heterocycles. The Kier molecular flexibility index (Phi) is 1.77. The van der Waals surface area contributed by atoms with Gasteiger partial charge in [0.05, 0.1) is 6.20 Å². The molecule has 0 saturated carbocycles. The van der Waals surface area contributed by atoms with Crippen LogP contribution in [0.2, 0.25) is 0 Å². The fraction of sp³-hybridized carbons (Fsp3) is 0. The number of rotatable bonds is 1. The van der Waals surface area contributed by atoms with Crippen molar-refractivity contribution in [2.45, 2.75) is 0 Å². The highest BCUT2D eigenvalue weighted by Gasteiger charge is 2.08. The van der Waals surface area contributed by atoms with E-state index in [-0.39, 0.29) is 5.69 Å². The van der Waals surface area contributed by atoms with Gasteiger partial charge in [0, 0.05) is 5.39 Å². The van der Waals surface area contributed by atoms with E-state index in [1.165, 1.54) is 12.3 Å². The molecule has 0 radical (unpaired) electrons. The lowest BCUT2D eigenvalue weighted by Gasteiger charge is -1.92. The highest BCUT2D eigenvalue weighted by Crippen LogP contribution is 2.20. The fourth-order valence-electron chi connectivity index (χ4n) is 1.000. The first-order chi connectivity index (χ1) is 6.18. The molecule has 0 spiro atoms. The highest BCUT2D eigenvalue weighted by atomic mass is 79.9. The first kappa shape index (κ1) is 8.18. The van der Waals surface area contributed by atoms with Crippen LogP contribution in [0, 0.1) is 0 Å². The SMILES string of the molecule is O=C(O)c1cc2c(Br)[nH]nc2cn1. The van der Waals surface area contributed by atoms with Crippen molar-refractivity contribution in [3.8, 4) is 0 Å².